The second kappa shape index (κ2) is 17.7. The van der Waals surface area contributed by atoms with Crippen molar-refractivity contribution in [2.75, 3.05) is 20.6 Å². The van der Waals surface area contributed by atoms with Gasteiger partial charge in [0.25, 0.3) is 0 Å². The van der Waals surface area contributed by atoms with Crippen molar-refractivity contribution >= 4 is 39.5 Å². The van der Waals surface area contributed by atoms with E-state index in [9.17, 15) is 33.4 Å². The van der Waals surface area contributed by atoms with Gasteiger partial charge in [-0.15, -0.1) is 0 Å². The predicted molar refractivity (Wildman–Crippen MR) is 223 cm³/mol. The van der Waals surface area contributed by atoms with Crippen LogP contribution in [0.25, 0.3) is 33.2 Å². The molecule has 59 heavy (non-hydrogen) atoms. The van der Waals surface area contributed by atoms with Crippen LogP contribution < -0.4 is 21.3 Å². The number of fused-ring (bicyclic) bond motifs is 4. The summed E-state index contributed by atoms with van der Waals surface area (Å²) in [5, 5.41) is 36.4. The number of aliphatic hydroxyl groups is 2. The van der Waals surface area contributed by atoms with Crippen LogP contribution in [0, 0.1) is 17.6 Å². The van der Waals surface area contributed by atoms with E-state index in [1.54, 1.807) is 45.0 Å². The van der Waals surface area contributed by atoms with E-state index in [1.165, 1.54) is 24.3 Å². The SMILES string of the molecule is CC[C@H](NC(=O)[C@H](C)NC)C(=O)N1C[C@@H](O)C[C@H]1Cc1c(-c2[nH]c3cc(F)ccc3c2C[C@@H]2[C@@H]3CC[C@@H](C3)N2C(O)[C@H](CC)NC(=O)[C@H](C)NC)[nH]c2cc(F)ccc12. The molecule has 0 radical (unpaired) electrons. The Morgan fingerprint density at radius 2 is 1.41 bits per heavy atom. The minimum atomic E-state index is -0.929. The van der Waals surface area contributed by atoms with Crippen molar-refractivity contribution in [2.45, 2.75) is 134 Å². The maximum Gasteiger partial charge on any atom is 0.245 e. The summed E-state index contributed by atoms with van der Waals surface area (Å²) in [6.45, 7) is 7.39. The van der Waals surface area contributed by atoms with Crippen molar-refractivity contribution in [1.82, 2.24) is 41.0 Å². The van der Waals surface area contributed by atoms with Crippen LogP contribution in [0.5, 0.6) is 0 Å². The number of likely N-dealkylation sites (tertiary alicyclic amines) is 2. The molecule has 2 aliphatic heterocycles. The lowest BCUT2D eigenvalue weighted by Crippen LogP contribution is -2.58. The Morgan fingerprint density at radius 3 is 1.97 bits per heavy atom. The highest BCUT2D eigenvalue weighted by atomic mass is 19.1. The molecule has 3 fully saturated rings. The van der Waals surface area contributed by atoms with Crippen LogP contribution in [0.3, 0.4) is 0 Å². The number of amides is 3. The summed E-state index contributed by atoms with van der Waals surface area (Å²) >= 11 is 0. The topological polar surface area (TPSA) is 178 Å². The van der Waals surface area contributed by atoms with E-state index in [0.717, 1.165) is 41.2 Å². The molecule has 10 atom stereocenters. The van der Waals surface area contributed by atoms with E-state index in [2.05, 4.69) is 36.1 Å². The van der Waals surface area contributed by atoms with Gasteiger partial charge in [-0.1, -0.05) is 13.8 Å². The molecule has 2 bridgehead atoms. The zero-order chi connectivity index (χ0) is 42.3. The molecular formula is C44H60F2N8O5. The van der Waals surface area contributed by atoms with Gasteiger partial charge in [0.1, 0.15) is 23.9 Å². The number of hydrogen-bond donors (Lipinski definition) is 8. The Bertz CT molecular complexity index is 2170. The van der Waals surface area contributed by atoms with Gasteiger partial charge in [0.05, 0.1) is 35.6 Å². The molecule has 3 aliphatic rings. The summed E-state index contributed by atoms with van der Waals surface area (Å²) in [6.07, 6.45) is 3.18. The molecule has 0 spiro atoms. The first-order valence-electron chi connectivity index (χ1n) is 21.3. The molecule has 1 aliphatic carbocycles. The third-order valence-electron chi connectivity index (χ3n) is 13.4. The van der Waals surface area contributed by atoms with Gasteiger partial charge in [-0.2, -0.15) is 0 Å². The number of benzene rings is 2. The fourth-order valence-corrected chi connectivity index (χ4v) is 9.92. The number of piperidine rings is 1. The van der Waals surface area contributed by atoms with Gasteiger partial charge in [-0.05, 0) is 133 Å². The minimum Gasteiger partial charge on any atom is -0.391 e. The zero-order valence-corrected chi connectivity index (χ0v) is 34.9. The van der Waals surface area contributed by atoms with E-state index >= 15 is 0 Å². The van der Waals surface area contributed by atoms with Crippen LogP contribution in [0.1, 0.15) is 77.3 Å². The predicted octanol–water partition coefficient (Wildman–Crippen LogP) is 3.82. The first-order valence-corrected chi connectivity index (χ1v) is 21.3. The van der Waals surface area contributed by atoms with Gasteiger partial charge in [0.2, 0.25) is 17.7 Å². The van der Waals surface area contributed by atoms with E-state index in [0.29, 0.717) is 54.5 Å². The largest absolute Gasteiger partial charge is 0.391 e. The third kappa shape index (κ3) is 8.36. The number of rotatable bonds is 16. The molecule has 1 saturated carbocycles. The Balaban J connectivity index is 1.28. The lowest BCUT2D eigenvalue weighted by molar-refractivity contribution is -0.137. The third-order valence-corrected chi connectivity index (χ3v) is 13.4. The zero-order valence-electron chi connectivity index (χ0n) is 34.9. The van der Waals surface area contributed by atoms with Crippen LogP contribution in [-0.2, 0) is 27.2 Å². The molecule has 320 valence electrons. The molecule has 2 aromatic carbocycles. The second-order valence-corrected chi connectivity index (χ2v) is 16.9. The normalized spacial score (nSPS) is 24.4. The highest BCUT2D eigenvalue weighted by molar-refractivity contribution is 5.96. The molecule has 4 aromatic rings. The van der Waals surface area contributed by atoms with Gasteiger partial charge in [-0.25, -0.2) is 8.78 Å². The van der Waals surface area contributed by atoms with Crippen molar-refractivity contribution in [2.24, 2.45) is 5.92 Å². The molecule has 1 unspecified atom stereocenters. The Hall–Kier alpha value is -4.41. The molecule has 3 amide bonds. The summed E-state index contributed by atoms with van der Waals surface area (Å²) < 4.78 is 29.8. The number of likely N-dealkylation sites (N-methyl/N-ethyl adjacent to an activating group) is 2. The lowest BCUT2D eigenvalue weighted by Gasteiger charge is -2.42. The van der Waals surface area contributed by atoms with E-state index in [1.807, 2.05) is 13.8 Å². The number of hydrogen-bond acceptors (Lipinski definition) is 8. The van der Waals surface area contributed by atoms with Crippen LogP contribution >= 0.6 is 0 Å². The Morgan fingerprint density at radius 1 is 0.831 bits per heavy atom. The molecule has 2 aromatic heterocycles. The van der Waals surface area contributed by atoms with Crippen LogP contribution in [0.4, 0.5) is 8.78 Å². The number of nitrogens with one attached hydrogen (secondary N) is 6. The van der Waals surface area contributed by atoms with Gasteiger partial charge >= 0.3 is 0 Å². The summed E-state index contributed by atoms with van der Waals surface area (Å²) in [7, 11) is 3.40. The van der Waals surface area contributed by atoms with Crippen LogP contribution in [0.15, 0.2) is 36.4 Å². The summed E-state index contributed by atoms with van der Waals surface area (Å²) in [5.74, 6) is -1.30. The Labute approximate surface area is 344 Å². The Kier molecular flexibility index (Phi) is 12.8. The molecule has 7 rings (SSSR count). The summed E-state index contributed by atoms with van der Waals surface area (Å²) in [4.78, 5) is 50.8. The minimum absolute atomic E-state index is 0.0885. The van der Waals surface area contributed by atoms with Crippen molar-refractivity contribution in [3.05, 3.63) is 59.2 Å². The average molecular weight is 819 g/mol. The maximum atomic E-state index is 14.9. The van der Waals surface area contributed by atoms with Gasteiger partial charge in [-0.3, -0.25) is 19.3 Å². The van der Waals surface area contributed by atoms with E-state index < -0.39 is 54.2 Å². The van der Waals surface area contributed by atoms with Crippen molar-refractivity contribution < 1.29 is 33.4 Å². The lowest BCUT2D eigenvalue weighted by atomic mass is 9.89. The second-order valence-electron chi connectivity index (χ2n) is 16.9. The fourth-order valence-electron chi connectivity index (χ4n) is 9.92. The summed E-state index contributed by atoms with van der Waals surface area (Å²) in [6, 6.07) is 6.63. The quantitative estimate of drug-likeness (QED) is 0.0842. The number of halogens is 2. The van der Waals surface area contributed by atoms with Crippen LogP contribution in [0.2, 0.25) is 0 Å². The van der Waals surface area contributed by atoms with Crippen molar-refractivity contribution in [3.8, 4) is 11.4 Å². The average Bonchev–Trinajstić information content (AvgIpc) is 4.06. The number of H-pyrrole nitrogens is 2. The van der Waals surface area contributed by atoms with Crippen LogP contribution in [-0.4, -0.2) is 123 Å². The fraction of sp³-hybridized carbons (Fsp3) is 0.568. The molecule has 2 saturated heterocycles. The number of nitrogens with zero attached hydrogens (tertiary/aromatic N) is 2. The first kappa shape index (κ1) is 42.7. The van der Waals surface area contributed by atoms with Gasteiger partial charge < -0.3 is 46.3 Å². The number of β-amino-alcohol motifs (C(OH)–C–C–N with tert-alkyl or cyclic N) is 1. The number of carbonyl (C=O) groups is 3. The molecule has 13 nitrogen and oxygen atoms in total. The highest BCUT2D eigenvalue weighted by Gasteiger charge is 2.50. The number of carbonyl (C=O) groups excluding carboxylic acids is 3. The smallest absolute Gasteiger partial charge is 0.245 e. The van der Waals surface area contributed by atoms with E-state index in [4.69, 9.17) is 0 Å². The monoisotopic (exact) mass is 818 g/mol. The maximum absolute atomic E-state index is 14.9. The standard InChI is InChI=1S/C44H60F2N8O5/c1-7-34(51-41(56)22(3)47-5)43(58)53-21-29(55)18-28(53)19-32-30-13-10-25(45)16-36(30)49-39(32)40-33(31-14-11-26(46)17-37(31)50-40)20-38-24-9-12-27(15-24)54(38)44(59)35(8-2)52-42(57)23(4)48-6/h10-11,13-14,16-17,22-24,27-29,34-35,38,44,47-50,55,59H,7-9,12,15,18-21H2,1-6H3,(H,51,56)(H,52,57)/t22-,23-,24+,27-,28-,29-,34-,35-,38+,44?/m0/s1. The molecule has 4 heterocycles. The first-order chi connectivity index (χ1) is 28.3. The number of aromatic nitrogens is 2. The van der Waals surface area contributed by atoms with E-state index in [-0.39, 0.29) is 42.3 Å². The number of aliphatic hydroxyl groups excluding tert-OH is 2. The molecular weight excluding hydrogens is 759 g/mol. The van der Waals surface area contributed by atoms with Crippen molar-refractivity contribution in [3.63, 3.8) is 0 Å². The van der Waals surface area contributed by atoms with Gasteiger partial charge in [0.15, 0.2) is 0 Å². The summed E-state index contributed by atoms with van der Waals surface area (Å²) in [5.41, 5.74) is 4.24. The molecule has 8 N–H and O–H groups in total. The van der Waals surface area contributed by atoms with Crippen molar-refractivity contribution in [1.29, 1.82) is 0 Å². The van der Waals surface area contributed by atoms with Gasteiger partial charge in [0, 0.05) is 46.5 Å². The highest BCUT2D eigenvalue weighted by Crippen LogP contribution is 2.47. The molecule has 15 heteroatoms. The number of aromatic amines is 2.